The highest BCUT2D eigenvalue weighted by atomic mass is 32.1. The third kappa shape index (κ3) is 4.13. The molecule has 2 rings (SSSR count). The third-order valence-electron chi connectivity index (χ3n) is 3.81. The number of amides is 1. The summed E-state index contributed by atoms with van der Waals surface area (Å²) in [5.41, 5.74) is 1.37. The first-order chi connectivity index (χ1) is 12.3. The van der Waals surface area contributed by atoms with Crippen molar-refractivity contribution in [1.29, 1.82) is 0 Å². The summed E-state index contributed by atoms with van der Waals surface area (Å²) in [7, 11) is 3.11. The van der Waals surface area contributed by atoms with E-state index in [-0.39, 0.29) is 18.5 Å². The van der Waals surface area contributed by atoms with Gasteiger partial charge in [0.05, 0.1) is 19.9 Å². The average molecular weight is 378 g/mol. The van der Waals surface area contributed by atoms with Crippen molar-refractivity contribution in [2.45, 2.75) is 26.8 Å². The first-order valence-electron chi connectivity index (χ1n) is 8.01. The van der Waals surface area contributed by atoms with Crippen LogP contribution in [-0.4, -0.2) is 53.7 Å². The fourth-order valence-corrected chi connectivity index (χ4v) is 3.47. The maximum absolute atomic E-state index is 12.8. The number of thiazole rings is 1. The van der Waals surface area contributed by atoms with Gasteiger partial charge in [-0.1, -0.05) is 0 Å². The number of nitrogens with zero attached hydrogens (tertiary/aromatic N) is 2. The van der Waals surface area contributed by atoms with E-state index in [0.717, 1.165) is 5.56 Å². The number of aromatic nitrogens is 1. The van der Waals surface area contributed by atoms with Crippen molar-refractivity contribution in [3.05, 3.63) is 28.8 Å². The van der Waals surface area contributed by atoms with Crippen molar-refractivity contribution >= 4 is 23.2 Å². The van der Waals surface area contributed by atoms with Crippen LogP contribution >= 0.6 is 11.3 Å². The number of carbonyl (C=O) groups is 2. The highest BCUT2D eigenvalue weighted by molar-refractivity contribution is 7.17. The van der Waals surface area contributed by atoms with Crippen molar-refractivity contribution in [3.8, 4) is 22.1 Å². The van der Waals surface area contributed by atoms with E-state index in [0.29, 0.717) is 27.1 Å². The molecule has 1 aromatic carbocycles. The smallest absolute Gasteiger partial charge is 0.323 e. The van der Waals surface area contributed by atoms with Gasteiger partial charge < -0.3 is 19.5 Å². The molecule has 0 radical (unpaired) electrons. The number of hydrogen-bond donors (Lipinski definition) is 1. The molecule has 1 heterocycles. The second-order valence-electron chi connectivity index (χ2n) is 5.92. The Labute approximate surface area is 156 Å². The highest BCUT2D eigenvalue weighted by Crippen LogP contribution is 2.35. The third-order valence-corrected chi connectivity index (χ3v) is 5.01. The van der Waals surface area contributed by atoms with Gasteiger partial charge in [0.1, 0.15) is 16.4 Å². The fraction of sp³-hybridized carbons (Fsp3) is 0.389. The van der Waals surface area contributed by atoms with Crippen LogP contribution in [0.4, 0.5) is 0 Å². The lowest BCUT2D eigenvalue weighted by molar-refractivity contribution is -0.138. The maximum Gasteiger partial charge on any atom is 0.323 e. The van der Waals surface area contributed by atoms with Gasteiger partial charge in [0.15, 0.2) is 11.5 Å². The highest BCUT2D eigenvalue weighted by Gasteiger charge is 2.25. The second-order valence-corrected chi connectivity index (χ2v) is 6.92. The number of aryl methyl sites for hydroxylation is 1. The number of rotatable bonds is 7. The van der Waals surface area contributed by atoms with Gasteiger partial charge in [-0.25, -0.2) is 4.98 Å². The van der Waals surface area contributed by atoms with Crippen molar-refractivity contribution in [1.82, 2.24) is 9.88 Å². The minimum Gasteiger partial charge on any atom is -0.493 e. The van der Waals surface area contributed by atoms with Crippen LogP contribution in [-0.2, 0) is 4.79 Å². The Hall–Kier alpha value is -2.61. The summed E-state index contributed by atoms with van der Waals surface area (Å²) in [5, 5.41) is 9.71. The van der Waals surface area contributed by atoms with Crippen molar-refractivity contribution in [2.24, 2.45) is 0 Å². The molecular weight excluding hydrogens is 356 g/mol. The topological polar surface area (TPSA) is 89.0 Å². The zero-order valence-electron chi connectivity index (χ0n) is 15.4. The maximum atomic E-state index is 12.8. The minimum atomic E-state index is -1.05. The molecule has 0 aliphatic heterocycles. The van der Waals surface area contributed by atoms with E-state index in [1.165, 1.54) is 16.2 Å². The fourth-order valence-electron chi connectivity index (χ4n) is 2.45. The van der Waals surface area contributed by atoms with Crippen LogP contribution in [0, 0.1) is 6.92 Å². The molecule has 0 bridgehead atoms. The van der Waals surface area contributed by atoms with E-state index in [2.05, 4.69) is 4.98 Å². The Morgan fingerprint density at radius 2 is 1.88 bits per heavy atom. The lowest BCUT2D eigenvalue weighted by Crippen LogP contribution is -2.40. The Morgan fingerprint density at radius 1 is 1.23 bits per heavy atom. The number of carboxylic acid groups (broad SMARTS) is 1. The number of carboxylic acids is 1. The lowest BCUT2D eigenvalue weighted by atomic mass is 10.2. The summed E-state index contributed by atoms with van der Waals surface area (Å²) in [4.78, 5) is 30.1. The first kappa shape index (κ1) is 19.7. The Kier molecular flexibility index (Phi) is 6.20. The van der Waals surface area contributed by atoms with Gasteiger partial charge in [0, 0.05) is 11.6 Å². The molecule has 7 nitrogen and oxygen atoms in total. The molecule has 0 saturated carbocycles. The summed E-state index contributed by atoms with van der Waals surface area (Å²) in [6, 6.07) is 5.18. The number of carbonyl (C=O) groups excluding carboxylic acids is 1. The van der Waals surface area contributed by atoms with Gasteiger partial charge >= 0.3 is 5.97 Å². The van der Waals surface area contributed by atoms with E-state index in [1.54, 1.807) is 47.1 Å². The molecule has 1 aromatic heterocycles. The molecular formula is C18H22N2O5S. The molecule has 2 aromatic rings. The molecule has 8 heteroatoms. The van der Waals surface area contributed by atoms with Crippen LogP contribution in [0.15, 0.2) is 18.2 Å². The van der Waals surface area contributed by atoms with Crippen LogP contribution in [0.2, 0.25) is 0 Å². The van der Waals surface area contributed by atoms with Gasteiger partial charge in [-0.2, -0.15) is 0 Å². The first-order valence-corrected chi connectivity index (χ1v) is 8.82. The van der Waals surface area contributed by atoms with Gasteiger partial charge in [-0.15, -0.1) is 11.3 Å². The molecule has 0 atom stereocenters. The normalized spacial score (nSPS) is 10.7. The SMILES string of the molecule is COc1ccc(-c2nc(C)c(C(=O)N(CC(=O)O)C(C)C)s2)cc1OC. The Morgan fingerprint density at radius 3 is 2.42 bits per heavy atom. The molecule has 0 spiro atoms. The molecule has 26 heavy (non-hydrogen) atoms. The molecule has 0 unspecified atom stereocenters. The standard InChI is InChI=1S/C18H22N2O5S/c1-10(2)20(9-15(21)22)18(23)16-11(3)19-17(26-16)12-6-7-13(24-4)14(8-12)25-5/h6-8,10H,9H2,1-5H3,(H,21,22). The minimum absolute atomic E-state index is 0.232. The predicted octanol–water partition coefficient (Wildman–Crippen LogP) is 3.07. The summed E-state index contributed by atoms with van der Waals surface area (Å²) >= 11 is 1.23. The van der Waals surface area contributed by atoms with Crippen LogP contribution in [0.25, 0.3) is 10.6 Å². The Bertz CT molecular complexity index is 816. The summed E-state index contributed by atoms with van der Waals surface area (Å²) in [6.07, 6.45) is 0. The second kappa shape index (κ2) is 8.18. The van der Waals surface area contributed by atoms with Crippen molar-refractivity contribution in [2.75, 3.05) is 20.8 Å². The van der Waals surface area contributed by atoms with E-state index >= 15 is 0 Å². The van der Waals surface area contributed by atoms with Crippen LogP contribution in [0.1, 0.15) is 29.2 Å². The van der Waals surface area contributed by atoms with E-state index in [1.807, 2.05) is 6.07 Å². The summed E-state index contributed by atoms with van der Waals surface area (Å²) in [6.45, 7) is 4.96. The van der Waals surface area contributed by atoms with E-state index in [9.17, 15) is 9.59 Å². The van der Waals surface area contributed by atoms with Crippen LogP contribution in [0.5, 0.6) is 11.5 Å². The number of ether oxygens (including phenoxy) is 2. The van der Waals surface area contributed by atoms with Gasteiger partial charge in [-0.3, -0.25) is 9.59 Å². The molecule has 0 saturated heterocycles. The van der Waals surface area contributed by atoms with Gasteiger partial charge in [0.2, 0.25) is 0 Å². The van der Waals surface area contributed by atoms with E-state index < -0.39 is 5.97 Å². The number of methoxy groups -OCH3 is 2. The summed E-state index contributed by atoms with van der Waals surface area (Å²) in [5.74, 6) is -0.202. The van der Waals surface area contributed by atoms with Crippen LogP contribution in [0.3, 0.4) is 0 Å². The predicted molar refractivity (Wildman–Crippen MR) is 99.2 cm³/mol. The molecule has 140 valence electrons. The number of hydrogen-bond acceptors (Lipinski definition) is 6. The quantitative estimate of drug-likeness (QED) is 0.796. The molecule has 0 aliphatic carbocycles. The Balaban J connectivity index is 2.39. The van der Waals surface area contributed by atoms with E-state index in [4.69, 9.17) is 14.6 Å². The molecule has 1 N–H and O–H groups in total. The lowest BCUT2D eigenvalue weighted by Gasteiger charge is -2.24. The zero-order chi connectivity index (χ0) is 19.4. The molecule has 1 amide bonds. The molecule has 0 aliphatic rings. The largest absolute Gasteiger partial charge is 0.493 e. The van der Waals surface area contributed by atoms with Gasteiger partial charge in [0.25, 0.3) is 5.91 Å². The molecule has 0 fully saturated rings. The summed E-state index contributed by atoms with van der Waals surface area (Å²) < 4.78 is 10.5. The van der Waals surface area contributed by atoms with Crippen molar-refractivity contribution in [3.63, 3.8) is 0 Å². The zero-order valence-corrected chi connectivity index (χ0v) is 16.2. The van der Waals surface area contributed by atoms with Crippen LogP contribution < -0.4 is 9.47 Å². The average Bonchev–Trinajstić information content (AvgIpc) is 2.99. The monoisotopic (exact) mass is 378 g/mol. The van der Waals surface area contributed by atoms with Gasteiger partial charge in [-0.05, 0) is 39.0 Å². The number of benzene rings is 1. The van der Waals surface area contributed by atoms with Crippen molar-refractivity contribution < 1.29 is 24.2 Å². The number of aliphatic carboxylic acids is 1.